The quantitative estimate of drug-likeness (QED) is 0.214. The van der Waals surface area contributed by atoms with Crippen LogP contribution in [-0.4, -0.2) is 44.3 Å². The molecule has 168 valence electrons. The van der Waals surface area contributed by atoms with Crippen molar-refractivity contribution in [3.63, 3.8) is 0 Å². The normalized spacial score (nSPS) is 24.5. The highest BCUT2D eigenvalue weighted by molar-refractivity contribution is 4.88. The van der Waals surface area contributed by atoms with E-state index in [0.717, 1.165) is 19.3 Å². The van der Waals surface area contributed by atoms with Crippen LogP contribution < -0.4 is 0 Å². The molecule has 0 spiro atoms. The molecule has 1 aliphatic rings. The Labute approximate surface area is 173 Å². The number of hydrogen-bond donors (Lipinski definition) is 0. The summed E-state index contributed by atoms with van der Waals surface area (Å²) in [5, 5.41) is 0. The zero-order valence-electron chi connectivity index (χ0n) is 19.2. The van der Waals surface area contributed by atoms with E-state index in [4.69, 9.17) is 23.7 Å². The van der Waals surface area contributed by atoms with Crippen molar-refractivity contribution in [1.29, 1.82) is 0 Å². The van der Waals surface area contributed by atoms with Crippen molar-refractivity contribution in [1.82, 2.24) is 0 Å². The minimum absolute atomic E-state index is 0.0206. The highest BCUT2D eigenvalue weighted by Gasteiger charge is 2.61. The van der Waals surface area contributed by atoms with E-state index in [9.17, 15) is 0 Å². The van der Waals surface area contributed by atoms with Crippen molar-refractivity contribution in [2.24, 2.45) is 0 Å². The minimum Gasteiger partial charge on any atom is -0.344 e. The second kappa shape index (κ2) is 14.7. The van der Waals surface area contributed by atoms with Gasteiger partial charge >= 0.3 is 5.97 Å². The summed E-state index contributed by atoms with van der Waals surface area (Å²) in [5.41, 5.74) is 0. The molecule has 5 heteroatoms. The summed E-state index contributed by atoms with van der Waals surface area (Å²) >= 11 is 0. The standard InChI is InChI=1S/C23H46O5/c1-6-11-12-13-14-15-16-17-18-21-20-27-23(25-9-4,26-10-5)22(28-21,19-7-2)24-8-3/h21H,6-20H2,1-5H3. The van der Waals surface area contributed by atoms with Crippen molar-refractivity contribution < 1.29 is 23.7 Å². The van der Waals surface area contributed by atoms with Gasteiger partial charge in [-0.2, -0.15) is 0 Å². The van der Waals surface area contributed by atoms with Crippen LogP contribution in [0.2, 0.25) is 0 Å². The maximum atomic E-state index is 6.54. The molecule has 0 amide bonds. The van der Waals surface area contributed by atoms with Crippen LogP contribution in [0, 0.1) is 0 Å². The molecule has 5 nitrogen and oxygen atoms in total. The molecule has 0 N–H and O–H groups in total. The number of rotatable bonds is 17. The van der Waals surface area contributed by atoms with Crippen LogP contribution in [0.5, 0.6) is 0 Å². The van der Waals surface area contributed by atoms with Gasteiger partial charge < -0.3 is 23.7 Å². The lowest BCUT2D eigenvalue weighted by Crippen LogP contribution is -2.67. The van der Waals surface area contributed by atoms with Gasteiger partial charge in [0.1, 0.15) is 0 Å². The van der Waals surface area contributed by atoms with Gasteiger partial charge in [0.2, 0.25) is 0 Å². The molecule has 0 aliphatic carbocycles. The first-order chi connectivity index (χ1) is 13.6. The zero-order valence-corrected chi connectivity index (χ0v) is 19.2. The number of unbranched alkanes of at least 4 members (excludes halogenated alkanes) is 7. The fourth-order valence-electron chi connectivity index (χ4n) is 4.03. The summed E-state index contributed by atoms with van der Waals surface area (Å²) < 4.78 is 30.8. The summed E-state index contributed by atoms with van der Waals surface area (Å²) in [5.74, 6) is -2.29. The van der Waals surface area contributed by atoms with E-state index in [1.807, 2.05) is 20.8 Å². The fraction of sp³-hybridized carbons (Fsp3) is 1.00. The molecule has 28 heavy (non-hydrogen) atoms. The molecule has 1 aliphatic heterocycles. The van der Waals surface area contributed by atoms with Gasteiger partial charge in [0.05, 0.1) is 12.7 Å². The number of hydrogen-bond acceptors (Lipinski definition) is 5. The summed E-state index contributed by atoms with van der Waals surface area (Å²) in [6.07, 6.45) is 13.1. The average Bonchev–Trinajstić information content (AvgIpc) is 2.67. The van der Waals surface area contributed by atoms with Gasteiger partial charge in [-0.05, 0) is 27.2 Å². The van der Waals surface area contributed by atoms with Crippen LogP contribution in [0.25, 0.3) is 0 Å². The summed E-state index contributed by atoms with van der Waals surface area (Å²) in [4.78, 5) is 0. The van der Waals surface area contributed by atoms with Crippen molar-refractivity contribution in [3.05, 3.63) is 0 Å². The lowest BCUT2D eigenvalue weighted by atomic mass is 10.0. The Balaban J connectivity index is 2.62. The molecule has 0 bridgehead atoms. The van der Waals surface area contributed by atoms with Gasteiger partial charge in [-0.25, -0.2) is 0 Å². The second-order valence-electron chi connectivity index (χ2n) is 7.67. The predicted molar refractivity (Wildman–Crippen MR) is 113 cm³/mol. The van der Waals surface area contributed by atoms with Crippen molar-refractivity contribution in [3.8, 4) is 0 Å². The summed E-state index contributed by atoms with van der Waals surface area (Å²) in [6.45, 7) is 12.2. The van der Waals surface area contributed by atoms with E-state index in [2.05, 4.69) is 13.8 Å². The summed E-state index contributed by atoms with van der Waals surface area (Å²) in [7, 11) is 0. The first-order valence-electron chi connectivity index (χ1n) is 11.9. The van der Waals surface area contributed by atoms with E-state index >= 15 is 0 Å². The summed E-state index contributed by atoms with van der Waals surface area (Å²) in [6, 6.07) is 0. The third-order valence-corrected chi connectivity index (χ3v) is 5.29. The maximum Gasteiger partial charge on any atom is 0.340 e. The van der Waals surface area contributed by atoms with Gasteiger partial charge in [-0.15, -0.1) is 0 Å². The SMILES string of the molecule is CCCCCCCCCCC1COC(OCC)(OCC)C(CCC)(OCC)O1. The molecule has 0 radical (unpaired) electrons. The Morgan fingerprint density at radius 3 is 1.82 bits per heavy atom. The molecule has 2 unspecified atom stereocenters. The van der Waals surface area contributed by atoms with E-state index in [1.165, 1.54) is 44.9 Å². The minimum atomic E-state index is -1.28. The Hall–Kier alpha value is -0.200. The molecule has 0 aromatic carbocycles. The maximum absolute atomic E-state index is 6.54. The van der Waals surface area contributed by atoms with Gasteiger partial charge in [0.25, 0.3) is 5.79 Å². The van der Waals surface area contributed by atoms with Crippen molar-refractivity contribution in [2.75, 3.05) is 26.4 Å². The Morgan fingerprint density at radius 2 is 1.29 bits per heavy atom. The van der Waals surface area contributed by atoms with Crippen LogP contribution in [0.1, 0.15) is 105 Å². The molecular weight excluding hydrogens is 356 g/mol. The third-order valence-electron chi connectivity index (χ3n) is 5.29. The topological polar surface area (TPSA) is 46.2 Å². The van der Waals surface area contributed by atoms with Gasteiger partial charge in [0, 0.05) is 26.2 Å². The first kappa shape index (κ1) is 25.8. The monoisotopic (exact) mass is 402 g/mol. The molecule has 1 saturated heterocycles. The van der Waals surface area contributed by atoms with Crippen molar-refractivity contribution >= 4 is 0 Å². The lowest BCUT2D eigenvalue weighted by molar-refractivity contribution is -0.529. The zero-order chi connectivity index (χ0) is 20.7. The van der Waals surface area contributed by atoms with E-state index in [-0.39, 0.29) is 6.10 Å². The van der Waals surface area contributed by atoms with E-state index < -0.39 is 11.8 Å². The van der Waals surface area contributed by atoms with Gasteiger partial charge in [-0.3, -0.25) is 0 Å². The van der Waals surface area contributed by atoms with Crippen LogP contribution in [0.4, 0.5) is 0 Å². The van der Waals surface area contributed by atoms with E-state index in [1.54, 1.807) is 0 Å². The molecule has 0 saturated carbocycles. The average molecular weight is 403 g/mol. The Kier molecular flexibility index (Phi) is 13.6. The highest BCUT2D eigenvalue weighted by Crippen LogP contribution is 2.43. The predicted octanol–water partition coefficient (Wildman–Crippen LogP) is 6.19. The molecule has 1 rings (SSSR count). The highest BCUT2D eigenvalue weighted by atomic mass is 16.9. The largest absolute Gasteiger partial charge is 0.344 e. The van der Waals surface area contributed by atoms with Gasteiger partial charge in [0.15, 0.2) is 0 Å². The Morgan fingerprint density at radius 1 is 0.714 bits per heavy atom. The lowest BCUT2D eigenvalue weighted by Gasteiger charge is -2.52. The molecular formula is C23H46O5. The first-order valence-corrected chi connectivity index (χ1v) is 11.9. The third kappa shape index (κ3) is 7.56. The molecule has 2 atom stereocenters. The Bertz CT molecular complexity index is 362. The molecule has 0 aromatic heterocycles. The van der Waals surface area contributed by atoms with Crippen LogP contribution in [-0.2, 0) is 23.7 Å². The van der Waals surface area contributed by atoms with E-state index in [0.29, 0.717) is 32.8 Å². The van der Waals surface area contributed by atoms with Crippen molar-refractivity contribution in [2.45, 2.75) is 123 Å². The van der Waals surface area contributed by atoms with Gasteiger partial charge in [-0.1, -0.05) is 71.6 Å². The second-order valence-corrected chi connectivity index (χ2v) is 7.67. The van der Waals surface area contributed by atoms with Crippen LogP contribution in [0.3, 0.4) is 0 Å². The smallest absolute Gasteiger partial charge is 0.340 e. The van der Waals surface area contributed by atoms with Crippen LogP contribution >= 0.6 is 0 Å². The molecule has 0 aromatic rings. The molecule has 1 fully saturated rings. The van der Waals surface area contributed by atoms with Crippen LogP contribution in [0.15, 0.2) is 0 Å². The number of ether oxygens (including phenoxy) is 5. The fourth-order valence-corrected chi connectivity index (χ4v) is 4.03. The molecule has 1 heterocycles.